The standard InChI is InChI=1S/C19H26N4O4S/c24-19(21-8-11-27-12-9-21)16-4-3-7-23(14-16)28(25,26)13-10-22-15-20-17-5-1-2-6-18(17)22/h1-2,5-6,15-16H,3-4,7-14H2. The van der Waals surface area contributed by atoms with Gasteiger partial charge in [0.25, 0.3) is 0 Å². The Morgan fingerprint density at radius 1 is 1.18 bits per heavy atom. The lowest BCUT2D eigenvalue weighted by Crippen LogP contribution is -2.50. The number of aryl methyl sites for hydroxylation is 1. The number of rotatable bonds is 5. The number of hydrogen-bond acceptors (Lipinski definition) is 5. The first-order valence-electron chi connectivity index (χ1n) is 9.79. The number of sulfonamides is 1. The number of nitrogens with zero attached hydrogens (tertiary/aromatic N) is 4. The summed E-state index contributed by atoms with van der Waals surface area (Å²) in [6, 6.07) is 7.68. The highest BCUT2D eigenvalue weighted by molar-refractivity contribution is 7.89. The molecular formula is C19H26N4O4S. The van der Waals surface area contributed by atoms with E-state index in [0.717, 1.165) is 17.5 Å². The van der Waals surface area contributed by atoms with Crippen LogP contribution in [0.15, 0.2) is 30.6 Å². The predicted octanol–water partition coefficient (Wildman–Crippen LogP) is 0.937. The predicted molar refractivity (Wildman–Crippen MR) is 105 cm³/mol. The SMILES string of the molecule is O=C(C1CCCN(S(=O)(=O)CCn2cnc3ccccc32)C1)N1CCOCC1. The number of imidazole rings is 1. The van der Waals surface area contributed by atoms with Gasteiger partial charge in [0.15, 0.2) is 0 Å². The molecule has 0 saturated carbocycles. The van der Waals surface area contributed by atoms with Gasteiger partial charge in [-0.3, -0.25) is 4.79 Å². The smallest absolute Gasteiger partial charge is 0.227 e. The second-order valence-corrected chi connectivity index (χ2v) is 9.47. The third-order valence-corrected chi connectivity index (χ3v) is 7.38. The lowest BCUT2D eigenvalue weighted by molar-refractivity contribution is -0.140. The van der Waals surface area contributed by atoms with E-state index in [4.69, 9.17) is 4.74 Å². The number of carbonyl (C=O) groups excluding carboxylic acids is 1. The van der Waals surface area contributed by atoms with Crippen LogP contribution in [0.1, 0.15) is 12.8 Å². The summed E-state index contributed by atoms with van der Waals surface area (Å²) >= 11 is 0. The van der Waals surface area contributed by atoms with Crippen molar-refractivity contribution in [2.24, 2.45) is 5.92 Å². The van der Waals surface area contributed by atoms with E-state index in [1.807, 2.05) is 33.7 Å². The fraction of sp³-hybridized carbons (Fsp3) is 0.579. The molecule has 1 unspecified atom stereocenters. The lowest BCUT2D eigenvalue weighted by Gasteiger charge is -2.35. The minimum absolute atomic E-state index is 0.00577. The van der Waals surface area contributed by atoms with Gasteiger partial charge in [0.1, 0.15) is 0 Å². The second-order valence-electron chi connectivity index (χ2n) is 7.38. The molecule has 0 N–H and O–H groups in total. The molecule has 2 saturated heterocycles. The Hall–Kier alpha value is -1.97. The summed E-state index contributed by atoms with van der Waals surface area (Å²) in [7, 11) is -3.44. The zero-order valence-electron chi connectivity index (χ0n) is 15.9. The van der Waals surface area contributed by atoms with Crippen LogP contribution in [0.2, 0.25) is 0 Å². The number of hydrogen-bond donors (Lipinski definition) is 0. The van der Waals surface area contributed by atoms with Gasteiger partial charge in [-0.15, -0.1) is 0 Å². The molecule has 4 rings (SSSR count). The van der Waals surface area contributed by atoms with E-state index in [9.17, 15) is 13.2 Å². The highest BCUT2D eigenvalue weighted by atomic mass is 32.2. The first kappa shape index (κ1) is 19.4. The van der Waals surface area contributed by atoms with Gasteiger partial charge in [0.2, 0.25) is 15.9 Å². The molecule has 1 amide bonds. The fourth-order valence-electron chi connectivity index (χ4n) is 3.97. The molecule has 0 aliphatic carbocycles. The molecule has 0 radical (unpaired) electrons. The topological polar surface area (TPSA) is 84.7 Å². The minimum atomic E-state index is -3.44. The summed E-state index contributed by atoms with van der Waals surface area (Å²) in [5.41, 5.74) is 1.78. The Balaban J connectivity index is 1.40. The number of morpholine rings is 1. The van der Waals surface area contributed by atoms with Crippen LogP contribution >= 0.6 is 0 Å². The Bertz CT molecular complexity index is 936. The van der Waals surface area contributed by atoms with Crippen molar-refractivity contribution in [2.75, 3.05) is 45.1 Å². The van der Waals surface area contributed by atoms with Crippen molar-refractivity contribution in [2.45, 2.75) is 19.4 Å². The lowest BCUT2D eigenvalue weighted by atomic mass is 9.98. The van der Waals surface area contributed by atoms with E-state index in [0.29, 0.717) is 45.8 Å². The van der Waals surface area contributed by atoms with Gasteiger partial charge < -0.3 is 14.2 Å². The molecule has 28 heavy (non-hydrogen) atoms. The number of aromatic nitrogens is 2. The zero-order valence-corrected chi connectivity index (χ0v) is 16.7. The van der Waals surface area contributed by atoms with E-state index >= 15 is 0 Å². The Morgan fingerprint density at radius 2 is 1.96 bits per heavy atom. The van der Waals surface area contributed by atoms with E-state index in [2.05, 4.69) is 4.98 Å². The molecule has 0 bridgehead atoms. The number of ether oxygens (including phenoxy) is 1. The van der Waals surface area contributed by atoms with Gasteiger partial charge in [-0.2, -0.15) is 0 Å². The normalized spacial score (nSPS) is 21.9. The third kappa shape index (κ3) is 4.06. The quantitative estimate of drug-likeness (QED) is 0.738. The van der Waals surface area contributed by atoms with Crippen molar-refractivity contribution >= 4 is 27.0 Å². The van der Waals surface area contributed by atoms with E-state index in [-0.39, 0.29) is 24.1 Å². The van der Waals surface area contributed by atoms with Gasteiger partial charge in [0.05, 0.1) is 42.2 Å². The summed E-state index contributed by atoms with van der Waals surface area (Å²) in [5, 5.41) is 0. The average Bonchev–Trinajstić information content (AvgIpc) is 3.16. The van der Waals surface area contributed by atoms with Gasteiger partial charge in [-0.05, 0) is 25.0 Å². The molecule has 8 nitrogen and oxygen atoms in total. The van der Waals surface area contributed by atoms with Gasteiger partial charge >= 0.3 is 0 Å². The molecule has 1 atom stereocenters. The first-order chi connectivity index (χ1) is 13.5. The van der Waals surface area contributed by atoms with Crippen LogP contribution in [0.4, 0.5) is 0 Å². The Morgan fingerprint density at radius 3 is 2.79 bits per heavy atom. The van der Waals surface area contributed by atoms with E-state index in [1.54, 1.807) is 6.33 Å². The van der Waals surface area contributed by atoms with Crippen molar-refractivity contribution in [3.8, 4) is 0 Å². The summed E-state index contributed by atoms with van der Waals surface area (Å²) in [6.45, 7) is 3.41. The molecule has 3 heterocycles. The van der Waals surface area contributed by atoms with Gasteiger partial charge in [-0.1, -0.05) is 12.1 Å². The Labute approximate surface area is 165 Å². The summed E-state index contributed by atoms with van der Waals surface area (Å²) in [4.78, 5) is 18.9. The van der Waals surface area contributed by atoms with Crippen molar-refractivity contribution in [1.29, 1.82) is 0 Å². The fourth-order valence-corrected chi connectivity index (χ4v) is 5.47. The van der Waals surface area contributed by atoms with Crippen molar-refractivity contribution < 1.29 is 17.9 Å². The highest BCUT2D eigenvalue weighted by Crippen LogP contribution is 2.22. The average molecular weight is 407 g/mol. The molecule has 1 aromatic heterocycles. The van der Waals surface area contributed by atoms with Crippen LogP contribution in [-0.2, 0) is 26.1 Å². The van der Waals surface area contributed by atoms with Crippen LogP contribution in [0.3, 0.4) is 0 Å². The monoisotopic (exact) mass is 406 g/mol. The van der Waals surface area contributed by atoms with Crippen LogP contribution in [-0.4, -0.2) is 78.2 Å². The molecule has 152 valence electrons. The van der Waals surface area contributed by atoms with E-state index in [1.165, 1.54) is 4.31 Å². The van der Waals surface area contributed by atoms with Gasteiger partial charge in [-0.25, -0.2) is 17.7 Å². The number of piperidine rings is 1. The van der Waals surface area contributed by atoms with Crippen molar-refractivity contribution in [3.63, 3.8) is 0 Å². The number of benzene rings is 1. The molecular weight excluding hydrogens is 380 g/mol. The van der Waals surface area contributed by atoms with E-state index < -0.39 is 10.0 Å². The second kappa shape index (κ2) is 8.18. The van der Waals surface area contributed by atoms with Crippen LogP contribution < -0.4 is 0 Å². The Kier molecular flexibility index (Phi) is 5.65. The molecule has 2 fully saturated rings. The highest BCUT2D eigenvalue weighted by Gasteiger charge is 2.34. The van der Waals surface area contributed by atoms with Crippen molar-refractivity contribution in [1.82, 2.24) is 18.8 Å². The zero-order chi connectivity index (χ0) is 19.6. The van der Waals surface area contributed by atoms with Crippen LogP contribution in [0.25, 0.3) is 11.0 Å². The number of para-hydroxylation sites is 2. The molecule has 1 aromatic carbocycles. The first-order valence-corrected chi connectivity index (χ1v) is 11.4. The van der Waals surface area contributed by atoms with Gasteiger partial charge in [0, 0.05) is 32.7 Å². The molecule has 9 heteroatoms. The summed E-state index contributed by atoms with van der Waals surface area (Å²) in [5.74, 6) is -0.189. The maximum absolute atomic E-state index is 12.9. The summed E-state index contributed by atoms with van der Waals surface area (Å²) in [6.07, 6.45) is 3.14. The number of amides is 1. The molecule has 2 aliphatic heterocycles. The largest absolute Gasteiger partial charge is 0.378 e. The molecule has 2 aromatic rings. The third-order valence-electron chi connectivity index (χ3n) is 5.57. The number of fused-ring (bicyclic) bond motifs is 1. The molecule has 0 spiro atoms. The number of carbonyl (C=O) groups is 1. The van der Waals surface area contributed by atoms with Crippen LogP contribution in [0, 0.1) is 5.92 Å². The maximum Gasteiger partial charge on any atom is 0.227 e. The van der Waals surface area contributed by atoms with Crippen molar-refractivity contribution in [3.05, 3.63) is 30.6 Å². The van der Waals surface area contributed by atoms with Crippen LogP contribution in [0.5, 0.6) is 0 Å². The maximum atomic E-state index is 12.9. The minimum Gasteiger partial charge on any atom is -0.378 e. The molecule has 2 aliphatic rings. The summed E-state index contributed by atoms with van der Waals surface area (Å²) < 4.78 is 34.5.